The predicted molar refractivity (Wildman–Crippen MR) is 84.9 cm³/mol. The van der Waals surface area contributed by atoms with Crippen LogP contribution in [0.5, 0.6) is 0 Å². The van der Waals surface area contributed by atoms with Gasteiger partial charge in [0.25, 0.3) is 5.56 Å². The molecule has 2 N–H and O–H groups in total. The van der Waals surface area contributed by atoms with E-state index in [4.69, 9.17) is 10.5 Å². The molecule has 2 heterocycles. The van der Waals surface area contributed by atoms with Gasteiger partial charge in [0.1, 0.15) is 16.3 Å². The van der Waals surface area contributed by atoms with E-state index in [1.165, 1.54) is 32.4 Å². The summed E-state index contributed by atoms with van der Waals surface area (Å²) in [7, 11) is 2.58. The first-order chi connectivity index (χ1) is 10.8. The topological polar surface area (TPSA) is 113 Å². The molecule has 2 rings (SSSR count). The first kappa shape index (κ1) is 16.7. The molecule has 0 aromatic carbocycles. The number of anilines is 1. The van der Waals surface area contributed by atoms with Crippen LogP contribution in [-0.2, 0) is 18.8 Å². The lowest BCUT2D eigenvalue weighted by Crippen LogP contribution is -2.43. The van der Waals surface area contributed by atoms with Gasteiger partial charge < -0.3 is 10.5 Å². The number of hydrogen-bond acceptors (Lipinski definition) is 7. The molecule has 23 heavy (non-hydrogen) atoms. The summed E-state index contributed by atoms with van der Waals surface area (Å²) in [5.74, 6) is -1.69. The molecule has 0 bridgehead atoms. The zero-order valence-electron chi connectivity index (χ0n) is 12.7. The normalized spacial score (nSPS) is 12.0. The number of carbonyl (C=O) groups excluding carboxylic acids is 2. The van der Waals surface area contributed by atoms with Crippen molar-refractivity contribution < 1.29 is 14.3 Å². The number of nitrogens with zero attached hydrogens (tertiary/aromatic N) is 2. The van der Waals surface area contributed by atoms with E-state index < -0.39 is 29.1 Å². The minimum absolute atomic E-state index is 0.262. The van der Waals surface area contributed by atoms with Gasteiger partial charge in [-0.3, -0.25) is 18.7 Å². The maximum Gasteiger partial charge on any atom is 0.349 e. The number of carbonyl (C=O) groups is 2. The lowest BCUT2D eigenvalue weighted by Gasteiger charge is -2.15. The van der Waals surface area contributed by atoms with E-state index in [-0.39, 0.29) is 11.4 Å². The van der Waals surface area contributed by atoms with Crippen LogP contribution in [0.4, 0.5) is 5.82 Å². The average molecular weight is 337 g/mol. The molecule has 0 amide bonds. The first-order valence-corrected chi connectivity index (χ1v) is 7.47. The third-order valence-corrected chi connectivity index (χ3v) is 4.18. The monoisotopic (exact) mass is 337 g/mol. The zero-order chi connectivity index (χ0) is 17.3. The summed E-state index contributed by atoms with van der Waals surface area (Å²) >= 11 is 1.17. The van der Waals surface area contributed by atoms with Crippen molar-refractivity contribution in [3.8, 4) is 0 Å². The Morgan fingerprint density at radius 3 is 2.48 bits per heavy atom. The molecule has 0 saturated carbocycles. The quantitative estimate of drug-likeness (QED) is 0.628. The van der Waals surface area contributed by atoms with Crippen molar-refractivity contribution in [2.45, 2.75) is 13.0 Å². The number of thiophene rings is 1. The Hall–Kier alpha value is -2.68. The molecular weight excluding hydrogens is 322 g/mol. The average Bonchev–Trinajstić information content (AvgIpc) is 3.05. The van der Waals surface area contributed by atoms with Gasteiger partial charge in [0.05, 0.1) is 0 Å². The van der Waals surface area contributed by atoms with Crippen LogP contribution in [0.25, 0.3) is 0 Å². The van der Waals surface area contributed by atoms with E-state index in [0.29, 0.717) is 4.88 Å². The Kier molecular flexibility index (Phi) is 4.50. The van der Waals surface area contributed by atoms with Crippen LogP contribution in [0.2, 0.25) is 0 Å². The smallest absolute Gasteiger partial charge is 0.349 e. The molecule has 0 radical (unpaired) electrons. The maximum atomic E-state index is 12.4. The molecule has 2 aromatic heterocycles. The largest absolute Gasteiger partial charge is 0.450 e. The van der Waals surface area contributed by atoms with Gasteiger partial charge in [-0.1, -0.05) is 6.07 Å². The fourth-order valence-electron chi connectivity index (χ4n) is 1.96. The minimum Gasteiger partial charge on any atom is -0.450 e. The molecule has 122 valence electrons. The van der Waals surface area contributed by atoms with Crippen molar-refractivity contribution in [3.05, 3.63) is 48.8 Å². The van der Waals surface area contributed by atoms with E-state index in [2.05, 4.69) is 0 Å². The van der Waals surface area contributed by atoms with Crippen LogP contribution in [0.3, 0.4) is 0 Å². The van der Waals surface area contributed by atoms with Gasteiger partial charge in [-0.25, -0.2) is 9.59 Å². The third-order valence-electron chi connectivity index (χ3n) is 3.33. The Bertz CT molecular complexity index is 879. The fraction of sp³-hybridized carbons (Fsp3) is 0.286. The van der Waals surface area contributed by atoms with Crippen molar-refractivity contribution in [3.63, 3.8) is 0 Å². The van der Waals surface area contributed by atoms with E-state index in [1.807, 2.05) is 0 Å². The standard InChI is InChI=1S/C14H15N3O5S/c1-7(22-13(20)8-5-4-6-23-8)10(18)9-11(15)16(2)14(21)17(3)12(9)19/h4-7H,15H2,1-3H3. The Morgan fingerprint density at radius 2 is 1.91 bits per heavy atom. The molecule has 9 heteroatoms. The first-order valence-electron chi connectivity index (χ1n) is 6.60. The van der Waals surface area contributed by atoms with Crippen LogP contribution in [-0.4, -0.2) is 27.0 Å². The van der Waals surface area contributed by atoms with Crippen molar-refractivity contribution >= 4 is 28.9 Å². The third kappa shape index (κ3) is 2.95. The van der Waals surface area contributed by atoms with Gasteiger partial charge >= 0.3 is 11.7 Å². The number of Topliss-reactive ketones (excluding diaryl/α,β-unsaturated/α-hetero) is 1. The molecule has 0 spiro atoms. The van der Waals surface area contributed by atoms with Crippen molar-refractivity contribution in [2.75, 3.05) is 5.73 Å². The Labute approximate surface area is 134 Å². The number of ketones is 1. The maximum absolute atomic E-state index is 12.4. The minimum atomic E-state index is -1.21. The van der Waals surface area contributed by atoms with Crippen molar-refractivity contribution in [1.82, 2.24) is 9.13 Å². The number of nitrogen functional groups attached to an aromatic ring is 1. The van der Waals surface area contributed by atoms with Gasteiger partial charge in [-0.2, -0.15) is 0 Å². The molecule has 0 aliphatic carbocycles. The number of esters is 1. The van der Waals surface area contributed by atoms with E-state index >= 15 is 0 Å². The fourth-order valence-corrected chi connectivity index (χ4v) is 2.57. The summed E-state index contributed by atoms with van der Waals surface area (Å²) in [4.78, 5) is 48.5. The summed E-state index contributed by atoms with van der Waals surface area (Å²) in [6, 6.07) is 3.23. The summed E-state index contributed by atoms with van der Waals surface area (Å²) in [5.41, 5.74) is 3.86. The van der Waals surface area contributed by atoms with Gasteiger partial charge in [0.2, 0.25) is 5.78 Å². The Morgan fingerprint density at radius 1 is 1.26 bits per heavy atom. The number of ether oxygens (including phenoxy) is 1. The summed E-state index contributed by atoms with van der Waals surface area (Å²) in [6.45, 7) is 1.35. The molecule has 0 fully saturated rings. The van der Waals surface area contributed by atoms with Crippen LogP contribution >= 0.6 is 11.3 Å². The molecule has 1 unspecified atom stereocenters. The van der Waals surface area contributed by atoms with E-state index in [9.17, 15) is 19.2 Å². The van der Waals surface area contributed by atoms with Crippen LogP contribution < -0.4 is 17.0 Å². The van der Waals surface area contributed by atoms with Crippen molar-refractivity contribution in [2.24, 2.45) is 14.1 Å². The molecule has 8 nitrogen and oxygen atoms in total. The second kappa shape index (κ2) is 6.21. The molecule has 0 aliphatic heterocycles. The molecule has 2 aromatic rings. The molecule has 0 aliphatic rings. The summed E-state index contributed by atoms with van der Waals surface area (Å²) < 4.78 is 6.83. The SMILES string of the molecule is CC(OC(=O)c1cccs1)C(=O)c1c(N)n(C)c(=O)n(C)c1=O. The molecule has 1 atom stereocenters. The van der Waals surface area contributed by atoms with E-state index in [0.717, 1.165) is 9.13 Å². The predicted octanol–water partition coefficient (Wildman–Crippen LogP) is 0.156. The number of aromatic nitrogens is 2. The van der Waals surface area contributed by atoms with E-state index in [1.54, 1.807) is 17.5 Å². The highest BCUT2D eigenvalue weighted by atomic mass is 32.1. The summed E-state index contributed by atoms with van der Waals surface area (Å²) in [5, 5.41) is 1.70. The lowest BCUT2D eigenvalue weighted by molar-refractivity contribution is 0.0323. The number of hydrogen-bond donors (Lipinski definition) is 1. The second-order valence-corrected chi connectivity index (χ2v) is 5.80. The highest BCUT2D eigenvalue weighted by molar-refractivity contribution is 7.11. The Balaban J connectivity index is 2.36. The molecular formula is C14H15N3O5S. The van der Waals surface area contributed by atoms with Gasteiger partial charge in [0.15, 0.2) is 6.10 Å². The van der Waals surface area contributed by atoms with Gasteiger partial charge in [0, 0.05) is 14.1 Å². The summed E-state index contributed by atoms with van der Waals surface area (Å²) in [6.07, 6.45) is -1.21. The van der Waals surface area contributed by atoms with Crippen molar-refractivity contribution in [1.29, 1.82) is 0 Å². The molecule has 0 saturated heterocycles. The highest BCUT2D eigenvalue weighted by Crippen LogP contribution is 2.14. The number of nitrogens with two attached hydrogens (primary N) is 1. The van der Waals surface area contributed by atoms with Crippen LogP contribution in [0, 0.1) is 0 Å². The lowest BCUT2D eigenvalue weighted by atomic mass is 10.1. The van der Waals surface area contributed by atoms with Gasteiger partial charge in [-0.05, 0) is 18.4 Å². The number of rotatable bonds is 4. The zero-order valence-corrected chi connectivity index (χ0v) is 13.5. The van der Waals surface area contributed by atoms with Gasteiger partial charge in [-0.15, -0.1) is 11.3 Å². The van der Waals surface area contributed by atoms with Crippen LogP contribution in [0.15, 0.2) is 27.1 Å². The van der Waals surface area contributed by atoms with Crippen LogP contribution in [0.1, 0.15) is 27.0 Å². The second-order valence-electron chi connectivity index (χ2n) is 4.86. The highest BCUT2D eigenvalue weighted by Gasteiger charge is 2.27.